The van der Waals surface area contributed by atoms with Crippen LogP contribution in [0.5, 0.6) is 5.75 Å². The number of sulfonamides is 1. The summed E-state index contributed by atoms with van der Waals surface area (Å²) >= 11 is 1.52. The number of rotatable bonds is 9. The topological polar surface area (TPSA) is 102 Å². The lowest BCUT2D eigenvalue weighted by molar-refractivity contribution is -0.133. The van der Waals surface area contributed by atoms with Crippen molar-refractivity contribution >= 4 is 33.2 Å². The van der Waals surface area contributed by atoms with Crippen molar-refractivity contribution in [3.05, 3.63) is 46.2 Å². The molecule has 0 bridgehead atoms. The minimum absolute atomic E-state index is 0.00337. The highest BCUT2D eigenvalue weighted by molar-refractivity contribution is 7.89. The van der Waals surface area contributed by atoms with Gasteiger partial charge in [0.2, 0.25) is 10.0 Å². The van der Waals surface area contributed by atoms with E-state index in [9.17, 15) is 18.0 Å². The van der Waals surface area contributed by atoms with Crippen LogP contribution in [-0.4, -0.2) is 52.0 Å². The Bertz CT molecular complexity index is 955. The van der Waals surface area contributed by atoms with Crippen LogP contribution in [0.25, 0.3) is 0 Å². The van der Waals surface area contributed by atoms with Gasteiger partial charge in [0, 0.05) is 18.0 Å². The summed E-state index contributed by atoms with van der Waals surface area (Å²) in [5.74, 6) is -1.07. The normalized spacial score (nSPS) is 11.3. The zero-order valence-electron chi connectivity index (χ0n) is 16.7. The molecule has 0 radical (unpaired) electrons. The lowest BCUT2D eigenvalue weighted by atomic mass is 10.2. The first kappa shape index (κ1) is 22.9. The monoisotopic (exact) mass is 440 g/mol. The molecule has 0 fully saturated rings. The van der Waals surface area contributed by atoms with Crippen LogP contribution in [0.3, 0.4) is 0 Å². The second-order valence-electron chi connectivity index (χ2n) is 6.55. The highest BCUT2D eigenvalue weighted by atomic mass is 32.2. The summed E-state index contributed by atoms with van der Waals surface area (Å²) < 4.78 is 37.6. The first-order valence-electron chi connectivity index (χ1n) is 8.78. The van der Waals surface area contributed by atoms with E-state index >= 15 is 0 Å². The van der Waals surface area contributed by atoms with Crippen molar-refractivity contribution in [1.29, 1.82) is 0 Å². The minimum atomic E-state index is -3.89. The molecule has 158 valence electrons. The second kappa shape index (κ2) is 9.86. The summed E-state index contributed by atoms with van der Waals surface area (Å²) in [4.78, 5) is 26.8. The van der Waals surface area contributed by atoms with Gasteiger partial charge in [0.05, 0.1) is 19.2 Å². The molecule has 2 aromatic rings. The molecule has 1 N–H and O–H groups in total. The number of ether oxygens (including phenoxy) is 2. The van der Waals surface area contributed by atoms with E-state index in [1.54, 1.807) is 20.9 Å². The van der Waals surface area contributed by atoms with Gasteiger partial charge >= 0.3 is 5.97 Å². The van der Waals surface area contributed by atoms with Gasteiger partial charge in [-0.1, -0.05) is 6.07 Å². The Morgan fingerprint density at radius 2 is 1.97 bits per heavy atom. The van der Waals surface area contributed by atoms with Gasteiger partial charge in [-0.3, -0.25) is 4.79 Å². The molecule has 1 aromatic carbocycles. The zero-order chi connectivity index (χ0) is 21.6. The summed E-state index contributed by atoms with van der Waals surface area (Å²) in [6.07, 6.45) is 0. The maximum absolute atomic E-state index is 12.5. The maximum Gasteiger partial charge on any atom is 0.338 e. The van der Waals surface area contributed by atoms with Crippen LogP contribution < -0.4 is 9.46 Å². The number of carbonyl (C=O) groups is 2. The number of benzene rings is 1. The lowest BCUT2D eigenvalue weighted by Gasteiger charge is -2.16. The third-order valence-electron chi connectivity index (χ3n) is 3.81. The Hall–Kier alpha value is -2.43. The number of esters is 1. The van der Waals surface area contributed by atoms with Crippen LogP contribution in [0.1, 0.15) is 29.1 Å². The molecule has 8 nitrogen and oxygen atoms in total. The van der Waals surface area contributed by atoms with Gasteiger partial charge in [-0.05, 0) is 43.5 Å². The van der Waals surface area contributed by atoms with Crippen LogP contribution in [0, 0.1) is 0 Å². The molecule has 0 aliphatic heterocycles. The van der Waals surface area contributed by atoms with Gasteiger partial charge in [-0.2, -0.15) is 0 Å². The minimum Gasteiger partial charge on any atom is -0.495 e. The van der Waals surface area contributed by atoms with Crippen LogP contribution in [0.2, 0.25) is 0 Å². The molecule has 1 aromatic heterocycles. The molecule has 0 aliphatic rings. The molecular weight excluding hydrogens is 416 g/mol. The number of thiophene rings is 1. The number of carbonyl (C=O) groups excluding carboxylic acids is 2. The van der Waals surface area contributed by atoms with Crippen LogP contribution in [0.15, 0.2) is 40.6 Å². The van der Waals surface area contributed by atoms with Crippen LogP contribution >= 0.6 is 11.3 Å². The standard InChI is InChI=1S/C19H24N2O6S2/c1-13(2)20-29(24,25)17-10-14(7-8-16(17)26-4)19(23)27-12-18(22)21(3)11-15-6-5-9-28-15/h5-10,13,20H,11-12H2,1-4H3. The second-order valence-corrected chi connectivity index (χ2v) is 9.26. The van der Waals surface area contributed by atoms with Crippen molar-refractivity contribution < 1.29 is 27.5 Å². The fourth-order valence-electron chi connectivity index (χ4n) is 2.43. The van der Waals surface area contributed by atoms with Crippen molar-refractivity contribution in [2.45, 2.75) is 31.3 Å². The van der Waals surface area contributed by atoms with E-state index in [1.165, 1.54) is 41.5 Å². The van der Waals surface area contributed by atoms with Gasteiger partial charge in [-0.15, -0.1) is 11.3 Å². The molecule has 0 aliphatic carbocycles. The van der Waals surface area contributed by atoms with Crippen molar-refractivity contribution in [1.82, 2.24) is 9.62 Å². The third kappa shape index (κ3) is 6.28. The first-order chi connectivity index (χ1) is 13.6. The molecule has 1 heterocycles. The van der Waals surface area contributed by atoms with E-state index in [0.29, 0.717) is 6.54 Å². The van der Waals surface area contributed by atoms with Gasteiger partial charge in [0.15, 0.2) is 6.61 Å². The van der Waals surface area contributed by atoms with Crippen LogP contribution in [0.4, 0.5) is 0 Å². The molecule has 0 atom stereocenters. The molecular formula is C19H24N2O6S2. The lowest BCUT2D eigenvalue weighted by Crippen LogP contribution is -2.31. The molecule has 29 heavy (non-hydrogen) atoms. The van der Waals surface area contributed by atoms with E-state index in [1.807, 2.05) is 17.5 Å². The largest absolute Gasteiger partial charge is 0.495 e. The van der Waals surface area contributed by atoms with E-state index in [4.69, 9.17) is 9.47 Å². The van der Waals surface area contributed by atoms with E-state index in [0.717, 1.165) is 4.88 Å². The quantitative estimate of drug-likeness (QED) is 0.600. The Labute approximate surface area is 174 Å². The maximum atomic E-state index is 12.5. The first-order valence-corrected chi connectivity index (χ1v) is 11.1. The van der Waals surface area contributed by atoms with Crippen molar-refractivity contribution in [3.63, 3.8) is 0 Å². The Morgan fingerprint density at radius 3 is 2.55 bits per heavy atom. The molecule has 0 spiro atoms. The van der Waals surface area contributed by atoms with Gasteiger partial charge in [0.1, 0.15) is 10.6 Å². The number of nitrogens with zero attached hydrogens (tertiary/aromatic N) is 1. The summed E-state index contributed by atoms with van der Waals surface area (Å²) in [6.45, 7) is 3.33. The predicted octanol–water partition coefficient (Wildman–Crippen LogP) is 2.26. The zero-order valence-corrected chi connectivity index (χ0v) is 18.3. The number of amides is 1. The molecule has 0 unspecified atom stereocenters. The molecule has 0 saturated carbocycles. The number of likely N-dealkylation sites (N-methyl/N-ethyl adjacent to an activating group) is 1. The van der Waals surface area contributed by atoms with Crippen molar-refractivity contribution in [3.8, 4) is 5.75 Å². The van der Waals surface area contributed by atoms with Crippen LogP contribution in [-0.2, 0) is 26.1 Å². The number of methoxy groups -OCH3 is 1. The number of hydrogen-bond acceptors (Lipinski definition) is 7. The fraction of sp³-hybridized carbons (Fsp3) is 0.368. The number of hydrogen-bond donors (Lipinski definition) is 1. The van der Waals surface area contributed by atoms with E-state index in [2.05, 4.69) is 4.72 Å². The van der Waals surface area contributed by atoms with Crippen molar-refractivity contribution in [2.24, 2.45) is 0 Å². The smallest absolute Gasteiger partial charge is 0.338 e. The summed E-state index contributed by atoms with van der Waals surface area (Å²) in [5.41, 5.74) is 0.00337. The SMILES string of the molecule is COc1ccc(C(=O)OCC(=O)N(C)Cc2cccs2)cc1S(=O)(=O)NC(C)C. The van der Waals surface area contributed by atoms with Gasteiger partial charge in [-0.25, -0.2) is 17.9 Å². The highest BCUT2D eigenvalue weighted by Crippen LogP contribution is 2.25. The summed E-state index contributed by atoms with van der Waals surface area (Å²) in [5, 5.41) is 1.91. The fourth-order valence-corrected chi connectivity index (χ4v) is 4.64. The summed E-state index contributed by atoms with van der Waals surface area (Å²) in [6, 6.07) is 7.39. The van der Waals surface area contributed by atoms with E-state index < -0.39 is 22.6 Å². The van der Waals surface area contributed by atoms with E-state index in [-0.39, 0.29) is 28.2 Å². The highest BCUT2D eigenvalue weighted by Gasteiger charge is 2.23. The third-order valence-corrected chi connectivity index (χ3v) is 6.35. The molecule has 0 saturated heterocycles. The Morgan fingerprint density at radius 1 is 1.24 bits per heavy atom. The predicted molar refractivity (Wildman–Crippen MR) is 110 cm³/mol. The molecule has 10 heteroatoms. The summed E-state index contributed by atoms with van der Waals surface area (Å²) in [7, 11) is -0.935. The van der Waals surface area contributed by atoms with Gasteiger partial charge in [0.25, 0.3) is 5.91 Å². The molecule has 2 rings (SSSR count). The average Bonchev–Trinajstić information content (AvgIpc) is 3.17. The van der Waals surface area contributed by atoms with Crippen molar-refractivity contribution in [2.75, 3.05) is 20.8 Å². The Balaban J connectivity index is 2.08. The molecule has 1 amide bonds. The Kier molecular flexibility index (Phi) is 7.77. The number of nitrogens with one attached hydrogen (secondary N) is 1. The van der Waals surface area contributed by atoms with Gasteiger partial charge < -0.3 is 14.4 Å². The average molecular weight is 441 g/mol.